The third-order valence-electron chi connectivity index (χ3n) is 4.39. The maximum Gasteiger partial charge on any atom is 0.411 e. The average molecular weight is 458 g/mol. The number of aromatic nitrogens is 2. The van der Waals surface area contributed by atoms with Crippen molar-refractivity contribution in [2.45, 2.75) is 13.5 Å². The number of allylic oxidation sites excluding steroid dienone is 1. The van der Waals surface area contributed by atoms with Gasteiger partial charge in [-0.25, -0.2) is 13.9 Å². The molecule has 0 saturated carbocycles. The van der Waals surface area contributed by atoms with Gasteiger partial charge in [-0.2, -0.15) is 5.10 Å². The Balaban J connectivity index is 1.97. The van der Waals surface area contributed by atoms with Crippen LogP contribution in [-0.4, -0.2) is 29.6 Å². The lowest BCUT2D eigenvalue weighted by atomic mass is 10.1. The molecule has 32 heavy (non-hydrogen) atoms. The summed E-state index contributed by atoms with van der Waals surface area (Å²) in [5, 5.41) is 7.37. The molecule has 1 aromatic heterocycles. The first-order chi connectivity index (χ1) is 15.4. The molecule has 3 aromatic rings. The molecular formula is C23H21ClFN3O4. The van der Waals surface area contributed by atoms with Crippen LogP contribution in [0.1, 0.15) is 12.5 Å². The summed E-state index contributed by atoms with van der Waals surface area (Å²) in [5.74, 6) is -0.495. The molecule has 9 heteroatoms. The fraction of sp³-hybridized carbons (Fsp3) is 0.174. The number of benzene rings is 2. The fourth-order valence-electron chi connectivity index (χ4n) is 2.86. The highest BCUT2D eigenvalue weighted by Gasteiger charge is 2.14. The van der Waals surface area contributed by atoms with E-state index in [-0.39, 0.29) is 30.3 Å². The lowest BCUT2D eigenvalue weighted by molar-refractivity contribution is 0.168. The third kappa shape index (κ3) is 5.73. The molecule has 0 atom stereocenters. The van der Waals surface area contributed by atoms with E-state index in [9.17, 15) is 14.0 Å². The van der Waals surface area contributed by atoms with Gasteiger partial charge in [-0.3, -0.25) is 10.1 Å². The van der Waals surface area contributed by atoms with Crippen LogP contribution in [0.2, 0.25) is 5.02 Å². The second-order valence-electron chi connectivity index (χ2n) is 6.58. The van der Waals surface area contributed by atoms with Gasteiger partial charge < -0.3 is 9.47 Å². The maximum atomic E-state index is 14.2. The fourth-order valence-corrected chi connectivity index (χ4v) is 2.99. The van der Waals surface area contributed by atoms with Crippen LogP contribution in [0.3, 0.4) is 0 Å². The number of hydrogen-bond acceptors (Lipinski definition) is 5. The van der Waals surface area contributed by atoms with Crippen LogP contribution < -0.4 is 15.6 Å². The lowest BCUT2D eigenvalue weighted by Gasteiger charge is -2.11. The number of carbonyl (C=O) groups excluding carboxylic acids is 1. The van der Waals surface area contributed by atoms with Crippen molar-refractivity contribution in [2.75, 3.05) is 19.0 Å². The first-order valence-electron chi connectivity index (χ1n) is 9.73. The van der Waals surface area contributed by atoms with E-state index in [0.717, 1.165) is 5.56 Å². The number of halogens is 2. The Morgan fingerprint density at radius 3 is 2.62 bits per heavy atom. The minimum Gasteiger partial charge on any atom is -0.494 e. The molecule has 2 aromatic carbocycles. The number of methoxy groups -OCH3 is 1. The Kier molecular flexibility index (Phi) is 7.62. The first-order valence-corrected chi connectivity index (χ1v) is 10.1. The second-order valence-corrected chi connectivity index (χ2v) is 7.02. The van der Waals surface area contributed by atoms with Gasteiger partial charge in [0.2, 0.25) is 0 Å². The Labute approximate surface area is 189 Å². The molecule has 166 valence electrons. The molecule has 3 rings (SSSR count). The Bertz CT molecular complexity index is 1190. The summed E-state index contributed by atoms with van der Waals surface area (Å²) in [4.78, 5) is 24.7. The normalized spacial score (nSPS) is 10.9. The Morgan fingerprint density at radius 1 is 1.22 bits per heavy atom. The zero-order valence-corrected chi connectivity index (χ0v) is 18.2. The molecule has 0 unspecified atom stereocenters. The zero-order chi connectivity index (χ0) is 23.1. The molecule has 0 fully saturated rings. The predicted molar refractivity (Wildman–Crippen MR) is 122 cm³/mol. The van der Waals surface area contributed by atoms with Crippen LogP contribution in [0.4, 0.5) is 14.9 Å². The largest absolute Gasteiger partial charge is 0.494 e. The number of hydrogen-bond donors (Lipinski definition) is 1. The van der Waals surface area contributed by atoms with Crippen molar-refractivity contribution < 1.29 is 18.7 Å². The number of amides is 1. The van der Waals surface area contributed by atoms with E-state index in [0.29, 0.717) is 10.6 Å². The molecule has 0 spiro atoms. The van der Waals surface area contributed by atoms with Gasteiger partial charge in [-0.15, -0.1) is 0 Å². The summed E-state index contributed by atoms with van der Waals surface area (Å²) in [6, 6.07) is 12.9. The quantitative estimate of drug-likeness (QED) is 0.540. The summed E-state index contributed by atoms with van der Waals surface area (Å²) in [6.07, 6.45) is 2.78. The number of carbonyl (C=O) groups is 1. The van der Waals surface area contributed by atoms with E-state index in [1.165, 1.54) is 30.0 Å². The number of rotatable bonds is 7. The van der Waals surface area contributed by atoms with Crippen LogP contribution in [0.25, 0.3) is 17.3 Å². The van der Waals surface area contributed by atoms with Crippen LogP contribution in [0.5, 0.6) is 5.75 Å². The summed E-state index contributed by atoms with van der Waals surface area (Å²) >= 11 is 5.89. The third-order valence-corrected chi connectivity index (χ3v) is 4.64. The van der Waals surface area contributed by atoms with E-state index in [2.05, 4.69) is 10.4 Å². The summed E-state index contributed by atoms with van der Waals surface area (Å²) in [6.45, 7) is 1.91. The smallest absolute Gasteiger partial charge is 0.411 e. The monoisotopic (exact) mass is 457 g/mol. The van der Waals surface area contributed by atoms with E-state index < -0.39 is 17.5 Å². The topological polar surface area (TPSA) is 82.4 Å². The van der Waals surface area contributed by atoms with Gasteiger partial charge in [0.05, 0.1) is 26.0 Å². The molecule has 0 aliphatic heterocycles. The van der Waals surface area contributed by atoms with Crippen molar-refractivity contribution in [2.24, 2.45) is 0 Å². The van der Waals surface area contributed by atoms with Gasteiger partial charge in [0.1, 0.15) is 5.69 Å². The molecule has 0 saturated heterocycles. The molecule has 7 nitrogen and oxygen atoms in total. The summed E-state index contributed by atoms with van der Waals surface area (Å²) < 4.78 is 25.2. The van der Waals surface area contributed by atoms with Crippen molar-refractivity contribution in [3.8, 4) is 17.0 Å². The molecule has 1 amide bonds. The van der Waals surface area contributed by atoms with Crippen molar-refractivity contribution >= 4 is 29.5 Å². The highest BCUT2D eigenvalue weighted by Crippen LogP contribution is 2.25. The van der Waals surface area contributed by atoms with Crippen LogP contribution in [-0.2, 0) is 11.3 Å². The van der Waals surface area contributed by atoms with Crippen LogP contribution >= 0.6 is 11.6 Å². The number of ether oxygens (including phenoxy) is 2. The van der Waals surface area contributed by atoms with Crippen molar-refractivity contribution in [1.82, 2.24) is 9.78 Å². The van der Waals surface area contributed by atoms with Crippen LogP contribution in [0, 0.1) is 5.82 Å². The van der Waals surface area contributed by atoms with Gasteiger partial charge in [0.15, 0.2) is 11.6 Å². The minimum atomic E-state index is -0.772. The SMILES string of the molecule is CCOC(=O)Nc1cc(-c2ccc(OC)c(F)c2)nn(CC=Cc2ccc(Cl)cc2)c1=O. The van der Waals surface area contributed by atoms with E-state index in [1.807, 2.05) is 18.2 Å². The van der Waals surface area contributed by atoms with Crippen molar-refractivity contribution in [3.05, 3.63) is 81.4 Å². The summed E-state index contributed by atoms with van der Waals surface area (Å²) in [7, 11) is 1.37. The van der Waals surface area contributed by atoms with Gasteiger partial charge in [0, 0.05) is 10.6 Å². The number of nitrogens with one attached hydrogen (secondary N) is 1. The molecule has 0 radical (unpaired) electrons. The predicted octanol–water partition coefficient (Wildman–Crippen LogP) is 4.99. The molecule has 0 aliphatic rings. The van der Waals surface area contributed by atoms with Crippen LogP contribution in [0.15, 0.2) is 59.4 Å². The van der Waals surface area contributed by atoms with E-state index in [4.69, 9.17) is 21.1 Å². The Morgan fingerprint density at radius 2 is 1.97 bits per heavy atom. The molecule has 0 aliphatic carbocycles. The van der Waals surface area contributed by atoms with Gasteiger partial charge >= 0.3 is 6.09 Å². The number of anilines is 1. The number of nitrogens with zero attached hydrogens (tertiary/aromatic N) is 2. The summed E-state index contributed by atoms with van der Waals surface area (Å²) in [5.41, 5.74) is 1.02. The van der Waals surface area contributed by atoms with Gasteiger partial charge in [-0.05, 0) is 48.9 Å². The first kappa shape index (κ1) is 23.0. The standard InChI is InChI=1S/C23H21ClFN3O4/c1-3-32-23(30)26-20-14-19(16-8-11-21(31-2)18(25)13-16)27-28(22(20)29)12-4-5-15-6-9-17(24)10-7-15/h4-11,13-14H,3,12H2,1-2H3,(H,26,30). The minimum absolute atomic E-state index is 0.0374. The van der Waals surface area contributed by atoms with Gasteiger partial charge in [-0.1, -0.05) is 35.9 Å². The second kappa shape index (κ2) is 10.6. The molecule has 1 heterocycles. The maximum absolute atomic E-state index is 14.2. The molecular weight excluding hydrogens is 437 g/mol. The van der Waals surface area contributed by atoms with Crippen molar-refractivity contribution in [1.29, 1.82) is 0 Å². The molecule has 0 bridgehead atoms. The van der Waals surface area contributed by atoms with Gasteiger partial charge in [0.25, 0.3) is 5.56 Å². The highest BCUT2D eigenvalue weighted by atomic mass is 35.5. The van der Waals surface area contributed by atoms with E-state index in [1.54, 1.807) is 31.2 Å². The highest BCUT2D eigenvalue weighted by molar-refractivity contribution is 6.30. The van der Waals surface area contributed by atoms with E-state index >= 15 is 0 Å². The lowest BCUT2D eigenvalue weighted by Crippen LogP contribution is -2.28. The zero-order valence-electron chi connectivity index (χ0n) is 17.5. The molecule has 1 N–H and O–H groups in total. The Hall–Kier alpha value is -3.65. The average Bonchev–Trinajstić information content (AvgIpc) is 2.77. The van der Waals surface area contributed by atoms with Crippen molar-refractivity contribution in [3.63, 3.8) is 0 Å².